The van der Waals surface area contributed by atoms with E-state index in [-0.39, 0.29) is 11.6 Å². The van der Waals surface area contributed by atoms with E-state index in [1.54, 1.807) is 0 Å². The first-order valence-electron chi connectivity index (χ1n) is 5.98. The van der Waals surface area contributed by atoms with E-state index in [4.69, 9.17) is 11.6 Å². The van der Waals surface area contributed by atoms with E-state index < -0.39 is 22.9 Å². The molecule has 1 aliphatic rings. The minimum Gasteiger partial charge on any atom is -0.352 e. The minimum absolute atomic E-state index is 0.107. The Kier molecular flexibility index (Phi) is 4.17. The van der Waals surface area contributed by atoms with Crippen molar-refractivity contribution in [1.29, 1.82) is 0 Å². The molecule has 2 nitrogen and oxygen atoms in total. The van der Waals surface area contributed by atoms with Crippen molar-refractivity contribution < 1.29 is 13.6 Å². The highest BCUT2D eigenvalue weighted by molar-refractivity contribution is 6.30. The van der Waals surface area contributed by atoms with Crippen molar-refractivity contribution in [1.82, 2.24) is 5.32 Å². The first-order valence-corrected chi connectivity index (χ1v) is 6.41. The van der Waals surface area contributed by atoms with E-state index in [0.29, 0.717) is 0 Å². The van der Waals surface area contributed by atoms with Crippen LogP contribution >= 0.6 is 11.6 Å². The zero-order chi connectivity index (χ0) is 13.1. The molecule has 0 aromatic heterocycles. The number of nitrogens with one attached hydrogen (secondary N) is 1. The monoisotopic (exact) mass is 273 g/mol. The molecule has 1 unspecified atom stereocenters. The van der Waals surface area contributed by atoms with E-state index in [9.17, 15) is 13.6 Å². The third-order valence-electron chi connectivity index (χ3n) is 3.19. The van der Waals surface area contributed by atoms with Gasteiger partial charge in [0, 0.05) is 11.6 Å². The van der Waals surface area contributed by atoms with Crippen molar-refractivity contribution >= 4 is 17.5 Å². The van der Waals surface area contributed by atoms with Gasteiger partial charge in [-0.05, 0) is 18.9 Å². The fourth-order valence-electron chi connectivity index (χ4n) is 2.20. The third kappa shape index (κ3) is 2.80. The van der Waals surface area contributed by atoms with Crippen LogP contribution in [-0.2, 0) is 4.79 Å². The Morgan fingerprint density at radius 2 is 2.00 bits per heavy atom. The molecule has 1 aromatic rings. The van der Waals surface area contributed by atoms with Crippen LogP contribution in [0.5, 0.6) is 0 Å². The minimum atomic E-state index is -1.19. The molecule has 0 radical (unpaired) electrons. The second-order valence-electron chi connectivity index (χ2n) is 4.50. The Balaban J connectivity index is 2.07. The van der Waals surface area contributed by atoms with Gasteiger partial charge in [0.15, 0.2) is 11.6 Å². The van der Waals surface area contributed by atoms with Gasteiger partial charge in [-0.1, -0.05) is 25.0 Å². The van der Waals surface area contributed by atoms with Crippen LogP contribution in [0, 0.1) is 11.6 Å². The normalized spacial score (nSPS) is 17.7. The van der Waals surface area contributed by atoms with Crippen LogP contribution < -0.4 is 5.32 Å². The molecule has 0 heterocycles. The molecule has 0 spiro atoms. The molecule has 1 N–H and O–H groups in total. The van der Waals surface area contributed by atoms with Gasteiger partial charge in [-0.2, -0.15) is 0 Å². The van der Waals surface area contributed by atoms with Crippen molar-refractivity contribution in [3.63, 3.8) is 0 Å². The van der Waals surface area contributed by atoms with Gasteiger partial charge in [-0.3, -0.25) is 4.79 Å². The molecule has 1 aliphatic carbocycles. The number of hydrogen-bond acceptors (Lipinski definition) is 1. The molecule has 1 atom stereocenters. The topological polar surface area (TPSA) is 29.1 Å². The molecular weight excluding hydrogens is 260 g/mol. The fourth-order valence-corrected chi connectivity index (χ4v) is 2.43. The summed E-state index contributed by atoms with van der Waals surface area (Å²) in [5.41, 5.74) is -0.118. The van der Waals surface area contributed by atoms with E-state index in [1.165, 1.54) is 12.1 Å². The lowest BCUT2D eigenvalue weighted by atomic mass is 10.1. The van der Waals surface area contributed by atoms with Crippen molar-refractivity contribution in [2.24, 2.45) is 0 Å². The van der Waals surface area contributed by atoms with E-state index >= 15 is 0 Å². The molecule has 1 fully saturated rings. The summed E-state index contributed by atoms with van der Waals surface area (Å²) in [5, 5.41) is 1.57. The summed E-state index contributed by atoms with van der Waals surface area (Å²) in [4.78, 5) is 11.8. The molecule has 1 aromatic carbocycles. The van der Waals surface area contributed by atoms with Gasteiger partial charge in [-0.15, -0.1) is 11.6 Å². The first-order chi connectivity index (χ1) is 8.59. The van der Waals surface area contributed by atoms with Gasteiger partial charge < -0.3 is 5.32 Å². The summed E-state index contributed by atoms with van der Waals surface area (Å²) in [7, 11) is 0. The number of halogens is 3. The molecule has 5 heteroatoms. The standard InChI is InChI=1S/C13H14ClF2NO/c14-11(9-6-3-7-10(15)12(9)16)13(18)17-8-4-1-2-5-8/h3,6-8,11H,1-2,4-5H2,(H,17,18). The predicted octanol–water partition coefficient (Wildman–Crippen LogP) is 3.30. The van der Waals surface area contributed by atoms with Gasteiger partial charge in [0.1, 0.15) is 5.38 Å². The Labute approximate surface area is 109 Å². The van der Waals surface area contributed by atoms with Gasteiger partial charge in [0.05, 0.1) is 0 Å². The fraction of sp³-hybridized carbons (Fsp3) is 0.462. The van der Waals surface area contributed by atoms with Crippen LogP contribution in [0.1, 0.15) is 36.6 Å². The molecule has 98 valence electrons. The number of amides is 1. The maximum absolute atomic E-state index is 13.5. The average Bonchev–Trinajstić information content (AvgIpc) is 2.84. The molecule has 0 saturated heterocycles. The van der Waals surface area contributed by atoms with Gasteiger partial charge in [0.25, 0.3) is 0 Å². The molecular formula is C13H14ClF2NO. The lowest BCUT2D eigenvalue weighted by Gasteiger charge is -2.16. The zero-order valence-electron chi connectivity index (χ0n) is 9.76. The number of carbonyl (C=O) groups excluding carboxylic acids is 1. The Bertz CT molecular complexity index is 447. The lowest BCUT2D eigenvalue weighted by Crippen LogP contribution is -2.35. The van der Waals surface area contributed by atoms with E-state index in [2.05, 4.69) is 5.32 Å². The molecule has 18 heavy (non-hydrogen) atoms. The van der Waals surface area contributed by atoms with Crippen LogP contribution in [-0.4, -0.2) is 11.9 Å². The van der Waals surface area contributed by atoms with Gasteiger partial charge in [-0.25, -0.2) is 8.78 Å². The summed E-state index contributed by atoms with van der Waals surface area (Å²) in [6.07, 6.45) is 3.99. The molecule has 0 aliphatic heterocycles. The Hall–Kier alpha value is -1.16. The van der Waals surface area contributed by atoms with Gasteiger partial charge >= 0.3 is 0 Å². The van der Waals surface area contributed by atoms with Crippen LogP contribution in [0.4, 0.5) is 8.78 Å². The Morgan fingerprint density at radius 3 is 2.67 bits per heavy atom. The van der Waals surface area contributed by atoms with Crippen molar-refractivity contribution in [3.8, 4) is 0 Å². The molecule has 1 amide bonds. The Morgan fingerprint density at radius 1 is 1.33 bits per heavy atom. The van der Waals surface area contributed by atoms with Crippen molar-refractivity contribution in [3.05, 3.63) is 35.4 Å². The average molecular weight is 274 g/mol. The van der Waals surface area contributed by atoms with Crippen molar-refractivity contribution in [2.45, 2.75) is 37.1 Å². The van der Waals surface area contributed by atoms with Crippen LogP contribution in [0.15, 0.2) is 18.2 Å². The molecule has 2 rings (SSSR count). The highest BCUT2D eigenvalue weighted by atomic mass is 35.5. The van der Waals surface area contributed by atoms with Gasteiger partial charge in [0.2, 0.25) is 5.91 Å². The van der Waals surface area contributed by atoms with Crippen LogP contribution in [0.2, 0.25) is 0 Å². The van der Waals surface area contributed by atoms with Crippen molar-refractivity contribution in [2.75, 3.05) is 0 Å². The highest BCUT2D eigenvalue weighted by Gasteiger charge is 2.25. The van der Waals surface area contributed by atoms with E-state index in [1.807, 2.05) is 0 Å². The second kappa shape index (κ2) is 5.65. The smallest absolute Gasteiger partial charge is 0.242 e. The first kappa shape index (κ1) is 13.3. The highest BCUT2D eigenvalue weighted by Crippen LogP contribution is 2.26. The summed E-state index contributed by atoms with van der Waals surface area (Å²) >= 11 is 5.89. The van der Waals surface area contributed by atoms with Crippen LogP contribution in [0.3, 0.4) is 0 Å². The van der Waals surface area contributed by atoms with E-state index in [0.717, 1.165) is 31.7 Å². The SMILES string of the molecule is O=C(NC1CCCC1)C(Cl)c1cccc(F)c1F. The summed E-state index contributed by atoms with van der Waals surface area (Å²) < 4.78 is 26.5. The molecule has 0 bridgehead atoms. The molecule has 1 saturated carbocycles. The zero-order valence-corrected chi connectivity index (χ0v) is 10.5. The maximum atomic E-state index is 13.5. The summed E-state index contributed by atoms with van der Waals surface area (Å²) in [6.45, 7) is 0. The number of alkyl halides is 1. The quantitative estimate of drug-likeness (QED) is 0.841. The number of rotatable bonds is 3. The summed E-state index contributed by atoms with van der Waals surface area (Å²) in [6, 6.07) is 3.77. The second-order valence-corrected chi connectivity index (χ2v) is 4.93. The third-order valence-corrected chi connectivity index (χ3v) is 3.62. The largest absolute Gasteiger partial charge is 0.352 e. The number of benzene rings is 1. The summed E-state index contributed by atoms with van der Waals surface area (Å²) in [5.74, 6) is -2.51. The lowest BCUT2D eigenvalue weighted by molar-refractivity contribution is -0.121. The van der Waals surface area contributed by atoms with Crippen LogP contribution in [0.25, 0.3) is 0 Å². The predicted molar refractivity (Wildman–Crippen MR) is 65.4 cm³/mol. The number of hydrogen-bond donors (Lipinski definition) is 1. The number of carbonyl (C=O) groups is 1. The maximum Gasteiger partial charge on any atom is 0.242 e.